The Hall–Kier alpha value is -3.65. The second-order valence-corrected chi connectivity index (χ2v) is 9.32. The Kier molecular flexibility index (Phi) is 6.64. The molecule has 0 saturated heterocycles. The molecule has 3 aromatic rings. The topological polar surface area (TPSA) is 75.0 Å². The summed E-state index contributed by atoms with van der Waals surface area (Å²) >= 11 is 0. The third-order valence-electron chi connectivity index (χ3n) is 5.06. The minimum absolute atomic E-state index is 0.455. The predicted octanol–water partition coefficient (Wildman–Crippen LogP) is 5.97. The van der Waals surface area contributed by atoms with E-state index in [9.17, 15) is 10.1 Å². The number of hydrogen-bond acceptors (Lipinski definition) is 4. The van der Waals surface area contributed by atoms with Crippen LogP contribution in [0.4, 0.5) is 4.79 Å². The van der Waals surface area contributed by atoms with Crippen molar-refractivity contribution in [3.63, 3.8) is 0 Å². The lowest BCUT2D eigenvalue weighted by Gasteiger charge is -2.29. The number of hydrogen-bond donors (Lipinski definition) is 1. The lowest BCUT2D eigenvalue weighted by atomic mass is 9.92. The van der Waals surface area contributed by atoms with Crippen molar-refractivity contribution in [1.29, 1.82) is 5.26 Å². The molecule has 0 atom stereocenters. The van der Waals surface area contributed by atoms with Crippen LogP contribution in [0.15, 0.2) is 66.9 Å². The molecule has 0 fully saturated rings. The third-order valence-corrected chi connectivity index (χ3v) is 5.06. The highest BCUT2D eigenvalue weighted by Gasteiger charge is 2.26. The molecule has 1 N–H and O–H groups in total. The van der Waals surface area contributed by atoms with Gasteiger partial charge in [-0.25, -0.2) is 4.79 Å². The van der Waals surface area contributed by atoms with Gasteiger partial charge in [-0.05, 0) is 57.4 Å². The molecule has 5 heteroatoms. The number of benzene rings is 2. The van der Waals surface area contributed by atoms with E-state index in [4.69, 9.17) is 4.74 Å². The number of carbonyl (C=O) groups excluding carboxylic acids is 1. The zero-order valence-electron chi connectivity index (χ0n) is 19.3. The zero-order valence-corrected chi connectivity index (χ0v) is 19.3. The van der Waals surface area contributed by atoms with Gasteiger partial charge in [0.15, 0.2) is 0 Å². The first-order valence-corrected chi connectivity index (χ1v) is 10.6. The van der Waals surface area contributed by atoms with Gasteiger partial charge >= 0.3 is 6.09 Å². The van der Waals surface area contributed by atoms with Crippen LogP contribution in [0.3, 0.4) is 0 Å². The van der Waals surface area contributed by atoms with Crippen LogP contribution in [0.5, 0.6) is 0 Å². The number of amides is 1. The standard InChI is InChI=1S/C27H29N3O2/c1-26(2,3)32-25(31)30-27(4,5)23-13-11-20(12-14-23)22-16-21(17-28)24(29-18-22)15-19-9-7-6-8-10-19/h6-14,16,18H,15H2,1-5H3,(H,30,31). The van der Waals surface area contributed by atoms with Crippen molar-refractivity contribution in [2.75, 3.05) is 0 Å². The van der Waals surface area contributed by atoms with Crippen LogP contribution in [-0.4, -0.2) is 16.7 Å². The number of aromatic nitrogens is 1. The van der Waals surface area contributed by atoms with E-state index in [1.165, 1.54) is 0 Å². The SMILES string of the molecule is CC(C)(C)OC(=O)NC(C)(C)c1ccc(-c2cnc(Cc3ccccc3)c(C#N)c2)cc1. The molecule has 0 aliphatic rings. The minimum atomic E-state index is -0.601. The molecule has 5 nitrogen and oxygen atoms in total. The van der Waals surface area contributed by atoms with Crippen molar-refractivity contribution in [3.05, 3.63) is 89.2 Å². The number of nitrogens with one attached hydrogen (secondary N) is 1. The molecule has 0 bridgehead atoms. The first-order chi connectivity index (χ1) is 15.1. The molecule has 0 unspecified atom stereocenters. The highest BCUT2D eigenvalue weighted by molar-refractivity contribution is 5.69. The number of alkyl carbamates (subject to hydrolysis) is 1. The molecule has 0 aliphatic heterocycles. The van der Waals surface area contributed by atoms with Crippen molar-refractivity contribution in [2.45, 2.75) is 52.2 Å². The van der Waals surface area contributed by atoms with E-state index < -0.39 is 17.2 Å². The van der Waals surface area contributed by atoms with Crippen LogP contribution in [0.1, 0.15) is 57.0 Å². The summed E-state index contributed by atoms with van der Waals surface area (Å²) < 4.78 is 5.38. The van der Waals surface area contributed by atoms with Crippen molar-refractivity contribution in [2.24, 2.45) is 0 Å². The molecule has 32 heavy (non-hydrogen) atoms. The summed E-state index contributed by atoms with van der Waals surface area (Å²) in [5.41, 5.74) is 4.08. The zero-order chi connectivity index (χ0) is 23.4. The maximum atomic E-state index is 12.2. The van der Waals surface area contributed by atoms with Crippen LogP contribution in [0.2, 0.25) is 0 Å². The van der Waals surface area contributed by atoms with Crippen LogP contribution in [-0.2, 0) is 16.7 Å². The predicted molar refractivity (Wildman–Crippen MR) is 126 cm³/mol. The molecule has 164 valence electrons. The van der Waals surface area contributed by atoms with Gasteiger partial charge in [-0.3, -0.25) is 4.98 Å². The maximum absolute atomic E-state index is 12.2. The Morgan fingerprint density at radius 1 is 1.00 bits per heavy atom. The Labute approximate surface area is 190 Å². The largest absolute Gasteiger partial charge is 0.444 e. The fourth-order valence-corrected chi connectivity index (χ4v) is 3.39. The number of nitriles is 1. The van der Waals surface area contributed by atoms with E-state index in [-0.39, 0.29) is 0 Å². The van der Waals surface area contributed by atoms with Crippen LogP contribution in [0, 0.1) is 11.3 Å². The number of nitrogens with zero attached hydrogens (tertiary/aromatic N) is 2. The van der Waals surface area contributed by atoms with E-state index in [2.05, 4.69) is 16.4 Å². The van der Waals surface area contributed by atoms with Crippen molar-refractivity contribution < 1.29 is 9.53 Å². The van der Waals surface area contributed by atoms with Crippen molar-refractivity contribution >= 4 is 6.09 Å². The highest BCUT2D eigenvalue weighted by atomic mass is 16.6. The highest BCUT2D eigenvalue weighted by Crippen LogP contribution is 2.26. The molecule has 1 aromatic heterocycles. The van der Waals surface area contributed by atoms with Gasteiger partial charge < -0.3 is 10.1 Å². The molecule has 0 saturated carbocycles. The van der Waals surface area contributed by atoms with Crippen LogP contribution < -0.4 is 5.32 Å². The van der Waals surface area contributed by atoms with Gasteiger partial charge in [0.2, 0.25) is 0 Å². The Morgan fingerprint density at radius 3 is 2.25 bits per heavy atom. The first-order valence-electron chi connectivity index (χ1n) is 10.6. The van der Waals surface area contributed by atoms with Gasteiger partial charge in [0.05, 0.1) is 16.8 Å². The molecule has 0 aliphatic carbocycles. The van der Waals surface area contributed by atoms with Gasteiger partial charge in [0, 0.05) is 18.2 Å². The van der Waals surface area contributed by atoms with Gasteiger partial charge in [0.25, 0.3) is 0 Å². The number of pyridine rings is 1. The van der Waals surface area contributed by atoms with E-state index in [0.717, 1.165) is 27.9 Å². The second-order valence-electron chi connectivity index (χ2n) is 9.32. The first kappa shape index (κ1) is 23.0. The normalized spacial score (nSPS) is 11.5. The molecule has 3 rings (SSSR count). The molecule has 1 amide bonds. The minimum Gasteiger partial charge on any atom is -0.444 e. The lowest BCUT2D eigenvalue weighted by molar-refractivity contribution is 0.0470. The molecular formula is C27H29N3O2. The van der Waals surface area contributed by atoms with Crippen molar-refractivity contribution in [1.82, 2.24) is 10.3 Å². The Morgan fingerprint density at radius 2 is 1.66 bits per heavy atom. The monoisotopic (exact) mass is 427 g/mol. The fraction of sp³-hybridized carbons (Fsp3) is 0.296. The summed E-state index contributed by atoms with van der Waals surface area (Å²) in [5, 5.41) is 12.6. The van der Waals surface area contributed by atoms with Crippen LogP contribution >= 0.6 is 0 Å². The lowest BCUT2D eigenvalue weighted by Crippen LogP contribution is -2.43. The second kappa shape index (κ2) is 9.23. The van der Waals surface area contributed by atoms with Gasteiger partial charge in [-0.1, -0.05) is 54.6 Å². The van der Waals surface area contributed by atoms with E-state index in [0.29, 0.717) is 12.0 Å². The Bertz CT molecular complexity index is 1120. The average molecular weight is 428 g/mol. The molecule has 0 spiro atoms. The molecule has 0 radical (unpaired) electrons. The maximum Gasteiger partial charge on any atom is 0.408 e. The summed E-state index contributed by atoms with van der Waals surface area (Å²) in [4.78, 5) is 16.8. The van der Waals surface area contributed by atoms with Gasteiger partial charge in [-0.15, -0.1) is 0 Å². The van der Waals surface area contributed by atoms with E-state index >= 15 is 0 Å². The third kappa shape index (κ3) is 5.95. The fourth-order valence-electron chi connectivity index (χ4n) is 3.39. The number of ether oxygens (including phenoxy) is 1. The summed E-state index contributed by atoms with van der Waals surface area (Å²) in [7, 11) is 0. The van der Waals surface area contributed by atoms with Gasteiger partial charge in [-0.2, -0.15) is 5.26 Å². The Balaban J connectivity index is 1.78. The van der Waals surface area contributed by atoms with Crippen LogP contribution in [0.25, 0.3) is 11.1 Å². The van der Waals surface area contributed by atoms with E-state index in [1.54, 1.807) is 6.20 Å². The quantitative estimate of drug-likeness (QED) is 0.544. The van der Waals surface area contributed by atoms with Crippen molar-refractivity contribution in [3.8, 4) is 17.2 Å². The summed E-state index contributed by atoms with van der Waals surface area (Å²) in [5.74, 6) is 0. The summed E-state index contributed by atoms with van der Waals surface area (Å²) in [6.07, 6.45) is 1.97. The van der Waals surface area contributed by atoms with Gasteiger partial charge in [0.1, 0.15) is 11.7 Å². The van der Waals surface area contributed by atoms with E-state index in [1.807, 2.05) is 95.3 Å². The smallest absolute Gasteiger partial charge is 0.408 e. The summed E-state index contributed by atoms with van der Waals surface area (Å²) in [6.45, 7) is 9.37. The molecule has 1 heterocycles. The number of rotatable bonds is 5. The molecule has 2 aromatic carbocycles. The summed E-state index contributed by atoms with van der Waals surface area (Å²) in [6, 6.07) is 22.0. The average Bonchev–Trinajstić information content (AvgIpc) is 2.73. The molecular weight excluding hydrogens is 398 g/mol. The number of carbonyl (C=O) groups is 1.